The molecule has 1 heterocycles. The van der Waals surface area contributed by atoms with Gasteiger partial charge in [-0.3, -0.25) is 0 Å². The van der Waals surface area contributed by atoms with E-state index in [0.29, 0.717) is 47.8 Å². The molecule has 3 rings (SSSR count). The fourth-order valence-electron chi connectivity index (χ4n) is 4.12. The molecule has 0 aromatic heterocycles. The van der Waals surface area contributed by atoms with Crippen LogP contribution in [0.5, 0.6) is 34.5 Å². The lowest BCUT2D eigenvalue weighted by molar-refractivity contribution is 0.0350. The minimum absolute atomic E-state index is 0.130. The van der Waals surface area contributed by atoms with Crippen molar-refractivity contribution in [1.82, 2.24) is 0 Å². The van der Waals surface area contributed by atoms with E-state index < -0.39 is 11.7 Å². The monoisotopic (exact) mass is 456 g/mol. The van der Waals surface area contributed by atoms with Crippen molar-refractivity contribution in [2.24, 2.45) is 5.73 Å². The molecule has 0 fully saturated rings. The van der Waals surface area contributed by atoms with Crippen LogP contribution in [-0.4, -0.2) is 40.8 Å². The van der Waals surface area contributed by atoms with Gasteiger partial charge in [-0.2, -0.15) is 5.26 Å². The van der Waals surface area contributed by atoms with Gasteiger partial charge < -0.3 is 34.2 Å². The molecule has 8 nitrogen and oxygen atoms in total. The van der Waals surface area contributed by atoms with Crippen LogP contribution >= 0.6 is 0 Å². The predicted molar refractivity (Wildman–Crippen MR) is 124 cm³/mol. The summed E-state index contributed by atoms with van der Waals surface area (Å²) in [4.78, 5) is 0. The molecule has 0 bridgehead atoms. The maximum atomic E-state index is 10.1. The quantitative estimate of drug-likeness (QED) is 0.537. The number of nitriles is 1. The van der Waals surface area contributed by atoms with E-state index in [0.717, 1.165) is 17.9 Å². The third-order valence-electron chi connectivity index (χ3n) is 5.94. The van der Waals surface area contributed by atoms with E-state index in [1.165, 1.54) is 14.2 Å². The maximum absolute atomic E-state index is 10.1. The van der Waals surface area contributed by atoms with Gasteiger partial charge in [-0.05, 0) is 44.4 Å². The summed E-state index contributed by atoms with van der Waals surface area (Å²) >= 11 is 0. The molecule has 2 atom stereocenters. The van der Waals surface area contributed by atoms with Crippen LogP contribution in [0.3, 0.4) is 0 Å². The molecule has 0 spiro atoms. The molecule has 1 aliphatic heterocycles. The summed E-state index contributed by atoms with van der Waals surface area (Å²) in [5.74, 6) is 3.21. The number of hydrogen-bond acceptors (Lipinski definition) is 8. The van der Waals surface area contributed by atoms with Crippen LogP contribution in [0.15, 0.2) is 30.3 Å². The van der Waals surface area contributed by atoms with Crippen LogP contribution in [0.25, 0.3) is 0 Å². The smallest absolute Gasteiger partial charge is 0.243 e. The van der Waals surface area contributed by atoms with Gasteiger partial charge >= 0.3 is 0 Å². The first-order valence-corrected chi connectivity index (χ1v) is 10.9. The molecule has 2 aromatic rings. The van der Waals surface area contributed by atoms with Crippen LogP contribution in [0, 0.1) is 11.3 Å². The van der Waals surface area contributed by atoms with Crippen LogP contribution in [0.1, 0.15) is 38.2 Å². The second kappa shape index (κ2) is 10.5. The Balaban J connectivity index is 1.69. The summed E-state index contributed by atoms with van der Waals surface area (Å²) in [5.41, 5.74) is 6.18. The molecule has 2 aromatic carbocycles. The Bertz CT molecular complexity index is 980. The number of benzene rings is 2. The maximum Gasteiger partial charge on any atom is 0.243 e. The van der Waals surface area contributed by atoms with Crippen molar-refractivity contribution in [3.05, 3.63) is 35.9 Å². The van der Waals surface area contributed by atoms with E-state index in [2.05, 4.69) is 6.07 Å². The van der Waals surface area contributed by atoms with E-state index in [-0.39, 0.29) is 6.04 Å². The van der Waals surface area contributed by atoms with Crippen molar-refractivity contribution in [3.8, 4) is 40.6 Å². The van der Waals surface area contributed by atoms with Gasteiger partial charge in [-0.25, -0.2) is 0 Å². The lowest BCUT2D eigenvalue weighted by atomic mass is 9.78. The minimum atomic E-state index is -0.853. The molecule has 2 N–H and O–H groups in total. The Kier molecular flexibility index (Phi) is 7.77. The van der Waals surface area contributed by atoms with Crippen molar-refractivity contribution >= 4 is 0 Å². The number of para-hydroxylation sites is 2. The van der Waals surface area contributed by atoms with Crippen molar-refractivity contribution in [1.29, 1.82) is 5.26 Å². The second-order valence-corrected chi connectivity index (χ2v) is 8.17. The average molecular weight is 457 g/mol. The second-order valence-electron chi connectivity index (χ2n) is 8.17. The molecule has 2 unspecified atom stereocenters. The van der Waals surface area contributed by atoms with Crippen LogP contribution in [0.4, 0.5) is 0 Å². The van der Waals surface area contributed by atoms with E-state index >= 15 is 0 Å². The van der Waals surface area contributed by atoms with Gasteiger partial charge in [0.25, 0.3) is 0 Å². The Morgan fingerprint density at radius 3 is 2.12 bits per heavy atom. The molecule has 0 radical (unpaired) electrons. The topological polar surface area (TPSA) is 105 Å². The summed E-state index contributed by atoms with van der Waals surface area (Å²) in [6.07, 6.45) is 2.17. The molecule has 0 saturated carbocycles. The summed E-state index contributed by atoms with van der Waals surface area (Å²) in [5, 5.41) is 10.1. The number of ether oxygens (including phenoxy) is 6. The van der Waals surface area contributed by atoms with Gasteiger partial charge in [0.05, 0.1) is 39.9 Å². The normalized spacial score (nSPS) is 15.3. The molecule has 0 amide bonds. The summed E-state index contributed by atoms with van der Waals surface area (Å²) in [6.45, 7) is 1.88. The fraction of sp³-hybridized carbons (Fsp3) is 0.480. The van der Waals surface area contributed by atoms with E-state index in [4.69, 9.17) is 34.2 Å². The van der Waals surface area contributed by atoms with E-state index in [1.807, 2.05) is 31.2 Å². The van der Waals surface area contributed by atoms with Crippen LogP contribution < -0.4 is 34.2 Å². The standard InChI is InChI=1S/C25H32N2O6/c1-25(15-26,17-14-20(28-2)23(30-4)24(31-5)22(17)29-3)12-8-9-16(27)13-21-32-18-10-6-7-11-19(18)33-21/h6-7,10-11,14,16,21H,8-9,12-13,27H2,1-5H3. The molecular formula is C25H32N2O6. The third-order valence-corrected chi connectivity index (χ3v) is 5.94. The van der Waals surface area contributed by atoms with Gasteiger partial charge in [0.2, 0.25) is 17.8 Å². The Morgan fingerprint density at radius 1 is 1.00 bits per heavy atom. The highest BCUT2D eigenvalue weighted by atomic mass is 16.7. The number of nitrogens with two attached hydrogens (primary N) is 1. The molecule has 0 aliphatic carbocycles. The summed E-state index contributed by atoms with van der Waals surface area (Å²) < 4.78 is 33.7. The first-order valence-electron chi connectivity index (χ1n) is 10.9. The lowest BCUT2D eigenvalue weighted by Crippen LogP contribution is -2.31. The van der Waals surface area contributed by atoms with Crippen LogP contribution in [-0.2, 0) is 5.41 Å². The van der Waals surface area contributed by atoms with Crippen molar-refractivity contribution in [3.63, 3.8) is 0 Å². The van der Waals surface area contributed by atoms with Crippen molar-refractivity contribution < 1.29 is 28.4 Å². The first kappa shape index (κ1) is 24.3. The zero-order valence-electron chi connectivity index (χ0n) is 19.8. The van der Waals surface area contributed by atoms with Gasteiger partial charge in [0.1, 0.15) is 0 Å². The zero-order chi connectivity index (χ0) is 24.0. The molecule has 178 valence electrons. The number of hydrogen-bond donors (Lipinski definition) is 1. The lowest BCUT2D eigenvalue weighted by Gasteiger charge is -2.27. The highest BCUT2D eigenvalue weighted by Crippen LogP contribution is 2.50. The van der Waals surface area contributed by atoms with Gasteiger partial charge in [-0.1, -0.05) is 12.1 Å². The van der Waals surface area contributed by atoms with E-state index in [9.17, 15) is 5.26 Å². The van der Waals surface area contributed by atoms with Gasteiger partial charge in [0, 0.05) is 18.0 Å². The van der Waals surface area contributed by atoms with Crippen molar-refractivity contribution in [2.75, 3.05) is 28.4 Å². The number of fused-ring (bicyclic) bond motifs is 1. The Hall–Kier alpha value is -3.31. The van der Waals surface area contributed by atoms with Crippen LogP contribution in [0.2, 0.25) is 0 Å². The average Bonchev–Trinajstić information content (AvgIpc) is 3.24. The molecule has 0 saturated heterocycles. The molecule has 1 aliphatic rings. The minimum Gasteiger partial charge on any atom is -0.493 e. The van der Waals surface area contributed by atoms with Gasteiger partial charge in [-0.15, -0.1) is 0 Å². The summed E-state index contributed by atoms with van der Waals surface area (Å²) in [7, 11) is 6.14. The summed E-state index contributed by atoms with van der Waals surface area (Å²) in [6, 6.07) is 11.7. The SMILES string of the molecule is COc1cc(C(C)(C#N)CCCC(N)CC2Oc3ccccc3O2)c(OC)c(OC)c1OC. The van der Waals surface area contributed by atoms with Crippen molar-refractivity contribution in [2.45, 2.75) is 50.4 Å². The Labute approximate surface area is 195 Å². The molecule has 33 heavy (non-hydrogen) atoms. The number of rotatable bonds is 11. The number of methoxy groups -OCH3 is 4. The predicted octanol–water partition coefficient (Wildman–Crippen LogP) is 4.19. The zero-order valence-corrected chi connectivity index (χ0v) is 19.8. The van der Waals surface area contributed by atoms with Gasteiger partial charge in [0.15, 0.2) is 23.0 Å². The highest BCUT2D eigenvalue weighted by Gasteiger charge is 2.35. The molecule has 8 heteroatoms. The highest BCUT2D eigenvalue weighted by molar-refractivity contribution is 5.65. The van der Waals surface area contributed by atoms with E-state index in [1.54, 1.807) is 20.3 Å². The molecular weight excluding hydrogens is 424 g/mol. The Morgan fingerprint density at radius 2 is 1.61 bits per heavy atom. The third kappa shape index (κ3) is 5.04. The first-order chi connectivity index (χ1) is 15.9. The largest absolute Gasteiger partial charge is 0.493 e. The fourth-order valence-corrected chi connectivity index (χ4v) is 4.12. The number of nitrogens with zero attached hydrogens (tertiary/aromatic N) is 1.